The van der Waals surface area contributed by atoms with E-state index in [1.165, 1.54) is 12.1 Å². The number of aromatic carboxylic acids is 1. The van der Waals surface area contributed by atoms with E-state index in [1.807, 2.05) is 6.92 Å². The maximum absolute atomic E-state index is 13.1. The van der Waals surface area contributed by atoms with Gasteiger partial charge in [-0.3, -0.25) is 4.72 Å². The molecular weight excluding hydrogens is 428 g/mol. The number of carbonyl (C=O) groups is 1. The molecule has 0 saturated heterocycles. The molecule has 8 nitrogen and oxygen atoms in total. The number of benzene rings is 3. The van der Waals surface area contributed by atoms with Crippen LogP contribution in [0.3, 0.4) is 0 Å². The van der Waals surface area contributed by atoms with Crippen molar-refractivity contribution in [2.45, 2.75) is 18.7 Å². The molecule has 0 spiro atoms. The fraction of sp³-hybridized carbons (Fsp3) is 0.0870. The highest BCUT2D eigenvalue weighted by atomic mass is 32.2. The molecule has 4 rings (SSSR count). The van der Waals surface area contributed by atoms with Crippen LogP contribution in [-0.4, -0.2) is 29.5 Å². The zero-order valence-electron chi connectivity index (χ0n) is 17.3. The van der Waals surface area contributed by atoms with Crippen LogP contribution < -0.4 is 10.0 Å². The average Bonchev–Trinajstić information content (AvgIpc) is 2.74. The zero-order valence-corrected chi connectivity index (χ0v) is 18.1. The molecule has 0 aliphatic carbocycles. The molecule has 0 aliphatic heterocycles. The van der Waals surface area contributed by atoms with E-state index in [-0.39, 0.29) is 22.1 Å². The third kappa shape index (κ3) is 4.37. The third-order valence-electron chi connectivity index (χ3n) is 4.79. The summed E-state index contributed by atoms with van der Waals surface area (Å²) in [7, 11) is -3.95. The molecule has 1 aromatic heterocycles. The molecule has 4 aromatic rings. The van der Waals surface area contributed by atoms with Crippen LogP contribution in [0.25, 0.3) is 11.0 Å². The lowest BCUT2D eigenvalue weighted by atomic mass is 10.2. The molecule has 0 amide bonds. The molecule has 0 saturated carbocycles. The van der Waals surface area contributed by atoms with Crippen LogP contribution in [-0.2, 0) is 10.0 Å². The number of nitrogens with one attached hydrogen (secondary N) is 2. The van der Waals surface area contributed by atoms with Crippen molar-refractivity contribution >= 4 is 44.3 Å². The Bertz CT molecular complexity index is 1450. The first kappa shape index (κ1) is 21.3. The fourth-order valence-corrected chi connectivity index (χ4v) is 4.54. The van der Waals surface area contributed by atoms with E-state index < -0.39 is 16.0 Å². The highest BCUT2D eigenvalue weighted by Gasteiger charge is 2.21. The number of fused-ring (bicyclic) bond motifs is 1. The molecule has 0 atom stereocenters. The molecule has 0 fully saturated rings. The molecule has 0 aliphatic rings. The van der Waals surface area contributed by atoms with Crippen molar-refractivity contribution in [2.24, 2.45) is 0 Å². The lowest BCUT2D eigenvalue weighted by Gasteiger charge is -2.15. The SMILES string of the molecule is Cc1ccc(S(=O)(=O)Nc2nc3ccccc3nc2Nc2cccc(C(=O)O)c2)c(C)c1. The van der Waals surface area contributed by atoms with Gasteiger partial charge >= 0.3 is 5.97 Å². The maximum atomic E-state index is 13.1. The van der Waals surface area contributed by atoms with Crippen molar-refractivity contribution in [3.05, 3.63) is 83.4 Å². The molecular formula is C23H20N4O4S. The van der Waals surface area contributed by atoms with E-state index in [0.29, 0.717) is 22.3 Å². The minimum absolute atomic E-state index is 0.00408. The number of carboxylic acid groups (broad SMARTS) is 1. The van der Waals surface area contributed by atoms with Gasteiger partial charge in [0.2, 0.25) is 0 Å². The molecule has 1 heterocycles. The molecule has 3 N–H and O–H groups in total. The number of hydrogen-bond acceptors (Lipinski definition) is 6. The number of hydrogen-bond donors (Lipinski definition) is 3. The van der Waals surface area contributed by atoms with Crippen molar-refractivity contribution in [1.29, 1.82) is 0 Å². The van der Waals surface area contributed by atoms with Gasteiger partial charge in [-0.15, -0.1) is 0 Å². The molecule has 32 heavy (non-hydrogen) atoms. The number of para-hydroxylation sites is 2. The van der Waals surface area contributed by atoms with Gasteiger partial charge in [-0.25, -0.2) is 23.2 Å². The molecule has 0 unspecified atom stereocenters. The largest absolute Gasteiger partial charge is 0.478 e. The molecule has 9 heteroatoms. The Kier molecular flexibility index (Phi) is 5.50. The minimum Gasteiger partial charge on any atom is -0.478 e. The Morgan fingerprint density at radius 1 is 0.875 bits per heavy atom. The lowest BCUT2D eigenvalue weighted by Crippen LogP contribution is -2.17. The van der Waals surface area contributed by atoms with Crippen LogP contribution in [0, 0.1) is 13.8 Å². The van der Waals surface area contributed by atoms with E-state index in [4.69, 9.17) is 0 Å². The predicted molar refractivity (Wildman–Crippen MR) is 123 cm³/mol. The number of anilines is 3. The van der Waals surface area contributed by atoms with Crippen LogP contribution in [0.15, 0.2) is 71.6 Å². The first-order chi connectivity index (χ1) is 15.2. The van der Waals surface area contributed by atoms with E-state index >= 15 is 0 Å². The summed E-state index contributed by atoms with van der Waals surface area (Å²) >= 11 is 0. The second kappa shape index (κ2) is 8.27. The number of carboxylic acids is 1. The van der Waals surface area contributed by atoms with Crippen molar-refractivity contribution in [1.82, 2.24) is 9.97 Å². The Hall–Kier alpha value is -3.98. The zero-order chi connectivity index (χ0) is 22.9. The van der Waals surface area contributed by atoms with Gasteiger partial charge in [-0.2, -0.15) is 0 Å². The predicted octanol–water partition coefficient (Wildman–Crippen LogP) is 4.49. The van der Waals surface area contributed by atoms with Crippen molar-refractivity contribution in [2.75, 3.05) is 10.0 Å². The highest BCUT2D eigenvalue weighted by molar-refractivity contribution is 7.92. The second-order valence-corrected chi connectivity index (χ2v) is 8.95. The minimum atomic E-state index is -3.95. The normalized spacial score (nSPS) is 11.3. The Morgan fingerprint density at radius 3 is 2.22 bits per heavy atom. The van der Waals surface area contributed by atoms with E-state index in [0.717, 1.165) is 5.56 Å². The summed E-state index contributed by atoms with van der Waals surface area (Å²) < 4.78 is 28.8. The van der Waals surface area contributed by atoms with E-state index in [2.05, 4.69) is 20.0 Å². The van der Waals surface area contributed by atoms with Crippen molar-refractivity contribution < 1.29 is 18.3 Å². The lowest BCUT2D eigenvalue weighted by molar-refractivity contribution is 0.0697. The van der Waals surface area contributed by atoms with E-state index in [1.54, 1.807) is 61.5 Å². The maximum Gasteiger partial charge on any atom is 0.335 e. The molecule has 3 aromatic carbocycles. The van der Waals surface area contributed by atoms with Gasteiger partial charge in [-0.05, 0) is 55.8 Å². The second-order valence-electron chi connectivity index (χ2n) is 7.29. The first-order valence-electron chi connectivity index (χ1n) is 9.70. The molecule has 162 valence electrons. The fourth-order valence-electron chi connectivity index (χ4n) is 3.31. The summed E-state index contributed by atoms with van der Waals surface area (Å²) in [6.45, 7) is 3.61. The van der Waals surface area contributed by atoms with Crippen molar-refractivity contribution in [3.63, 3.8) is 0 Å². The Morgan fingerprint density at radius 2 is 1.56 bits per heavy atom. The summed E-state index contributed by atoms with van der Waals surface area (Å²) in [5, 5.41) is 12.2. The van der Waals surface area contributed by atoms with Gasteiger partial charge in [0.25, 0.3) is 10.0 Å². The summed E-state index contributed by atoms with van der Waals surface area (Å²) in [4.78, 5) is 20.4. The first-order valence-corrected chi connectivity index (χ1v) is 11.2. The number of sulfonamides is 1. The summed E-state index contributed by atoms with van der Waals surface area (Å²) in [6.07, 6.45) is 0. The topological polar surface area (TPSA) is 121 Å². The van der Waals surface area contributed by atoms with Gasteiger partial charge in [0, 0.05) is 5.69 Å². The van der Waals surface area contributed by atoms with Gasteiger partial charge in [0.15, 0.2) is 11.6 Å². The summed E-state index contributed by atoms with van der Waals surface area (Å²) in [5.41, 5.74) is 3.14. The standard InChI is InChI=1S/C23H20N4O4S/c1-14-10-11-20(15(2)12-14)32(30,31)27-22-21(25-18-8-3-4-9-19(18)26-22)24-17-7-5-6-16(13-17)23(28)29/h3-13H,1-2H3,(H,24,25)(H,26,27)(H,28,29). The number of aromatic nitrogens is 2. The van der Waals surface area contributed by atoms with Crippen molar-refractivity contribution in [3.8, 4) is 0 Å². The quantitative estimate of drug-likeness (QED) is 0.397. The highest BCUT2D eigenvalue weighted by Crippen LogP contribution is 2.28. The monoisotopic (exact) mass is 448 g/mol. The number of aryl methyl sites for hydroxylation is 2. The molecule has 0 radical (unpaired) electrons. The van der Waals surface area contributed by atoms with Crippen LogP contribution in [0.2, 0.25) is 0 Å². The number of rotatable bonds is 6. The van der Waals surface area contributed by atoms with Crippen LogP contribution in [0.4, 0.5) is 17.3 Å². The Balaban J connectivity index is 1.79. The molecule has 0 bridgehead atoms. The van der Waals surface area contributed by atoms with Crippen LogP contribution >= 0.6 is 0 Å². The Labute approximate surface area is 185 Å². The number of nitrogens with zero attached hydrogens (tertiary/aromatic N) is 2. The van der Waals surface area contributed by atoms with Gasteiger partial charge in [0.1, 0.15) is 0 Å². The summed E-state index contributed by atoms with van der Waals surface area (Å²) in [5.74, 6) is -0.919. The van der Waals surface area contributed by atoms with Gasteiger partial charge < -0.3 is 10.4 Å². The van der Waals surface area contributed by atoms with Gasteiger partial charge in [0.05, 0.1) is 21.5 Å². The van der Waals surface area contributed by atoms with Gasteiger partial charge in [-0.1, -0.05) is 35.9 Å². The van der Waals surface area contributed by atoms with Crippen LogP contribution in [0.5, 0.6) is 0 Å². The smallest absolute Gasteiger partial charge is 0.335 e. The van der Waals surface area contributed by atoms with E-state index in [9.17, 15) is 18.3 Å². The average molecular weight is 449 g/mol. The van der Waals surface area contributed by atoms with Crippen LogP contribution in [0.1, 0.15) is 21.5 Å². The summed E-state index contributed by atoms with van der Waals surface area (Å²) in [6, 6.07) is 18.3. The third-order valence-corrected chi connectivity index (χ3v) is 6.29.